The number of carbonyl (C=O) groups excluding carboxylic acids is 1. The number of carbonyl (C=O) groups is 1. The number of hydrogen-bond acceptors (Lipinski definition) is 3. The molecule has 4 heteroatoms. The number of aliphatic hydroxyl groups is 2. The zero-order valence-electron chi connectivity index (χ0n) is 19.8. The Balaban J connectivity index is 3.83. The molecule has 0 aromatic rings. The smallest absolute Gasteiger partial charge is 0.220 e. The lowest BCUT2D eigenvalue weighted by Gasteiger charge is -2.19. The van der Waals surface area contributed by atoms with E-state index in [1.807, 2.05) is 6.08 Å². The van der Waals surface area contributed by atoms with E-state index in [0.29, 0.717) is 6.42 Å². The number of rotatable bonds is 21. The van der Waals surface area contributed by atoms with Crippen LogP contribution in [-0.4, -0.2) is 34.9 Å². The van der Waals surface area contributed by atoms with Crippen LogP contribution in [0, 0.1) is 0 Å². The number of hydrogen-bond donors (Lipinski definition) is 3. The van der Waals surface area contributed by atoms with Gasteiger partial charge in [0.25, 0.3) is 0 Å². The summed E-state index contributed by atoms with van der Waals surface area (Å²) in [6, 6.07) is -0.628. The average molecular weight is 424 g/mol. The Morgan fingerprint density at radius 3 is 1.93 bits per heavy atom. The van der Waals surface area contributed by atoms with Crippen LogP contribution in [0.1, 0.15) is 117 Å². The zero-order chi connectivity index (χ0) is 22.3. The second-order valence-electron chi connectivity index (χ2n) is 8.40. The lowest BCUT2D eigenvalue weighted by molar-refractivity contribution is -0.123. The van der Waals surface area contributed by atoms with Gasteiger partial charge < -0.3 is 15.5 Å². The first-order chi connectivity index (χ1) is 14.7. The van der Waals surface area contributed by atoms with Gasteiger partial charge in [-0.05, 0) is 32.1 Å². The number of unbranched alkanes of at least 4 members (excludes halogenated alkanes) is 12. The molecule has 0 aliphatic carbocycles. The Morgan fingerprint density at radius 1 is 0.767 bits per heavy atom. The van der Waals surface area contributed by atoms with Crippen LogP contribution in [0.5, 0.6) is 0 Å². The van der Waals surface area contributed by atoms with Crippen molar-refractivity contribution < 1.29 is 15.0 Å². The van der Waals surface area contributed by atoms with E-state index in [-0.39, 0.29) is 12.5 Å². The molecule has 2 atom stereocenters. The molecule has 3 N–H and O–H groups in total. The lowest BCUT2D eigenvalue weighted by Crippen LogP contribution is -2.45. The molecule has 0 radical (unpaired) electrons. The van der Waals surface area contributed by atoms with Crippen molar-refractivity contribution >= 4 is 5.91 Å². The van der Waals surface area contributed by atoms with Crippen LogP contribution >= 0.6 is 0 Å². The van der Waals surface area contributed by atoms with Gasteiger partial charge in [0.1, 0.15) is 0 Å². The molecule has 0 bridgehead atoms. The van der Waals surface area contributed by atoms with Crippen molar-refractivity contribution in [1.82, 2.24) is 5.32 Å². The summed E-state index contributed by atoms with van der Waals surface area (Å²) in [5, 5.41) is 22.5. The van der Waals surface area contributed by atoms with Gasteiger partial charge in [0.2, 0.25) is 5.91 Å². The van der Waals surface area contributed by atoms with Gasteiger partial charge in [0, 0.05) is 6.42 Å². The molecule has 4 nitrogen and oxygen atoms in total. The molecule has 0 aromatic carbocycles. The summed E-state index contributed by atoms with van der Waals surface area (Å²) in [7, 11) is 0. The van der Waals surface area contributed by atoms with Crippen molar-refractivity contribution in [3.63, 3.8) is 0 Å². The monoisotopic (exact) mass is 423 g/mol. The van der Waals surface area contributed by atoms with Gasteiger partial charge in [-0.15, -0.1) is 0 Å². The van der Waals surface area contributed by atoms with Crippen molar-refractivity contribution in [1.29, 1.82) is 0 Å². The summed E-state index contributed by atoms with van der Waals surface area (Å²) in [4.78, 5) is 12.1. The molecule has 0 fully saturated rings. The zero-order valence-corrected chi connectivity index (χ0v) is 19.8. The fourth-order valence-electron chi connectivity index (χ4n) is 3.42. The van der Waals surface area contributed by atoms with Crippen LogP contribution in [0.25, 0.3) is 0 Å². The summed E-state index contributed by atoms with van der Waals surface area (Å²) >= 11 is 0. The van der Waals surface area contributed by atoms with Crippen LogP contribution in [0.2, 0.25) is 0 Å². The van der Waals surface area contributed by atoms with Gasteiger partial charge in [-0.1, -0.05) is 102 Å². The molecule has 0 aromatic heterocycles. The largest absolute Gasteiger partial charge is 0.394 e. The molecule has 1 amide bonds. The molecule has 0 aliphatic rings. The molecule has 0 unspecified atom stereocenters. The molecular weight excluding hydrogens is 374 g/mol. The molecule has 0 aliphatic heterocycles. The Bertz CT molecular complexity index is 434. The fourth-order valence-corrected chi connectivity index (χ4v) is 3.42. The molecule has 176 valence electrons. The highest BCUT2D eigenvalue weighted by Gasteiger charge is 2.17. The molecule has 0 saturated heterocycles. The first-order valence-electron chi connectivity index (χ1n) is 12.6. The SMILES string of the molecule is CCCCC/C=C/CC/C=C/[C@@H](O)[C@H](CO)NC(=O)CCCCCCCCCCC. The van der Waals surface area contributed by atoms with Crippen molar-refractivity contribution in [2.24, 2.45) is 0 Å². The summed E-state index contributed by atoms with van der Waals surface area (Å²) in [6.45, 7) is 4.18. The van der Waals surface area contributed by atoms with Crippen LogP contribution in [0.3, 0.4) is 0 Å². The number of aliphatic hydroxyl groups excluding tert-OH is 2. The van der Waals surface area contributed by atoms with Crippen molar-refractivity contribution in [2.45, 2.75) is 129 Å². The van der Waals surface area contributed by atoms with E-state index in [1.54, 1.807) is 6.08 Å². The second kappa shape index (κ2) is 22.6. The minimum absolute atomic E-state index is 0.0838. The molecule has 0 spiro atoms. The first kappa shape index (κ1) is 28.9. The van der Waals surface area contributed by atoms with Crippen molar-refractivity contribution in [2.75, 3.05) is 6.61 Å². The molecule has 30 heavy (non-hydrogen) atoms. The standard InChI is InChI=1S/C26H49NO3/c1-3-5-7-9-11-13-15-17-19-21-25(29)24(23-28)27-26(30)22-20-18-16-14-12-10-8-6-4-2/h11,13,19,21,24-25,28-29H,3-10,12,14-18,20,22-23H2,1-2H3,(H,27,30)/b13-11+,21-19+/t24-,25+/m0/s1. The average Bonchev–Trinajstić information content (AvgIpc) is 2.75. The molecule has 0 rings (SSSR count). The third kappa shape index (κ3) is 18.9. The van der Waals surface area contributed by atoms with Gasteiger partial charge in [-0.25, -0.2) is 0 Å². The van der Waals surface area contributed by atoms with Gasteiger partial charge in [-0.2, -0.15) is 0 Å². The van der Waals surface area contributed by atoms with Crippen LogP contribution in [0.4, 0.5) is 0 Å². The van der Waals surface area contributed by atoms with Crippen molar-refractivity contribution in [3.05, 3.63) is 24.3 Å². The Morgan fingerprint density at radius 2 is 1.30 bits per heavy atom. The minimum atomic E-state index is -0.851. The predicted molar refractivity (Wildman–Crippen MR) is 129 cm³/mol. The molecular formula is C26H49NO3. The summed E-state index contributed by atoms with van der Waals surface area (Å²) in [6.07, 6.45) is 25.3. The van der Waals surface area contributed by atoms with Gasteiger partial charge in [-0.3, -0.25) is 4.79 Å². The number of amides is 1. The van der Waals surface area contributed by atoms with Gasteiger partial charge in [0.05, 0.1) is 18.8 Å². The lowest BCUT2D eigenvalue weighted by atomic mass is 10.1. The van der Waals surface area contributed by atoms with Crippen LogP contribution in [0.15, 0.2) is 24.3 Å². The first-order valence-corrected chi connectivity index (χ1v) is 12.6. The topological polar surface area (TPSA) is 69.6 Å². The van der Waals surface area contributed by atoms with E-state index in [4.69, 9.17) is 0 Å². The van der Waals surface area contributed by atoms with E-state index < -0.39 is 12.1 Å². The van der Waals surface area contributed by atoms with Gasteiger partial charge >= 0.3 is 0 Å². The normalized spacial score (nSPS) is 13.9. The highest BCUT2D eigenvalue weighted by molar-refractivity contribution is 5.76. The van der Waals surface area contributed by atoms with Crippen LogP contribution in [-0.2, 0) is 4.79 Å². The second-order valence-corrected chi connectivity index (χ2v) is 8.40. The summed E-state index contributed by atoms with van der Waals surface area (Å²) in [5.74, 6) is -0.0838. The summed E-state index contributed by atoms with van der Waals surface area (Å²) < 4.78 is 0. The molecule has 0 saturated carbocycles. The highest BCUT2D eigenvalue weighted by Crippen LogP contribution is 2.10. The minimum Gasteiger partial charge on any atom is -0.394 e. The van der Waals surface area contributed by atoms with E-state index in [2.05, 4.69) is 31.3 Å². The van der Waals surface area contributed by atoms with Gasteiger partial charge in [0.15, 0.2) is 0 Å². The van der Waals surface area contributed by atoms with E-state index in [9.17, 15) is 15.0 Å². The van der Waals surface area contributed by atoms with E-state index in [0.717, 1.165) is 32.1 Å². The molecule has 0 heterocycles. The third-order valence-corrected chi connectivity index (χ3v) is 5.44. The highest BCUT2D eigenvalue weighted by atomic mass is 16.3. The van der Waals surface area contributed by atoms with E-state index >= 15 is 0 Å². The van der Waals surface area contributed by atoms with Crippen molar-refractivity contribution in [3.8, 4) is 0 Å². The fraction of sp³-hybridized carbons (Fsp3) is 0.808. The van der Waals surface area contributed by atoms with E-state index in [1.165, 1.54) is 64.2 Å². The third-order valence-electron chi connectivity index (χ3n) is 5.44. The van der Waals surface area contributed by atoms with Crippen LogP contribution < -0.4 is 5.32 Å². The predicted octanol–water partition coefficient (Wildman–Crippen LogP) is 6.22. The quantitative estimate of drug-likeness (QED) is 0.152. The Labute approximate surface area is 186 Å². The number of nitrogens with one attached hydrogen (secondary N) is 1. The maximum Gasteiger partial charge on any atom is 0.220 e. The summed E-state index contributed by atoms with van der Waals surface area (Å²) in [5.41, 5.74) is 0. The Kier molecular flexibility index (Phi) is 21.7. The maximum atomic E-state index is 12.1. The maximum absolute atomic E-state index is 12.1. The Hall–Kier alpha value is -1.13. The number of allylic oxidation sites excluding steroid dienone is 3.